The standard InChI is InChI=1S/C25H25N3/c1-24-12-5-6-13-25(24,2)28(23-11-14-26-16-20(23)24)17-9-10-22-19(15-17)18-7-3-4-8-21(18)27-22/h3-4,7-11,14-16,27H,5-6,12-13H2,1-2H3. The number of rotatable bonds is 1. The van der Waals surface area contributed by atoms with Crippen LogP contribution in [0.4, 0.5) is 11.4 Å². The van der Waals surface area contributed by atoms with Crippen LogP contribution in [0.15, 0.2) is 60.9 Å². The van der Waals surface area contributed by atoms with Gasteiger partial charge in [0.15, 0.2) is 0 Å². The largest absolute Gasteiger partial charge is 0.355 e. The fourth-order valence-electron chi connectivity index (χ4n) is 5.95. The predicted octanol–water partition coefficient (Wildman–Crippen LogP) is 6.46. The molecule has 1 N–H and O–H groups in total. The van der Waals surface area contributed by atoms with Crippen molar-refractivity contribution in [3.8, 4) is 0 Å². The van der Waals surface area contributed by atoms with Crippen molar-refractivity contribution in [3.63, 3.8) is 0 Å². The third-order valence-corrected chi connectivity index (χ3v) is 7.65. The summed E-state index contributed by atoms with van der Waals surface area (Å²) in [7, 11) is 0. The summed E-state index contributed by atoms with van der Waals surface area (Å²) in [6.45, 7) is 4.92. The Morgan fingerprint density at radius 1 is 0.929 bits per heavy atom. The smallest absolute Gasteiger partial charge is 0.0518 e. The SMILES string of the molecule is CC12CCCCC1(C)N(c1ccc3[nH]c4ccccc4c3c1)c1ccncc12. The number of H-pyrrole nitrogens is 1. The Morgan fingerprint density at radius 3 is 2.68 bits per heavy atom. The minimum atomic E-state index is 0.0798. The van der Waals surface area contributed by atoms with Crippen LogP contribution in [0.5, 0.6) is 0 Å². The molecular weight excluding hydrogens is 342 g/mol. The summed E-state index contributed by atoms with van der Waals surface area (Å²) in [6, 6.07) is 17.7. The lowest BCUT2D eigenvalue weighted by Crippen LogP contribution is -2.54. The quantitative estimate of drug-likeness (QED) is 0.419. The maximum Gasteiger partial charge on any atom is 0.0518 e. The zero-order chi connectivity index (χ0) is 18.9. The molecule has 3 heterocycles. The molecule has 140 valence electrons. The Bertz CT molecular complexity index is 1220. The lowest BCUT2D eigenvalue weighted by Gasteiger charge is -2.50. The summed E-state index contributed by atoms with van der Waals surface area (Å²) in [5.41, 5.74) is 6.67. The van der Waals surface area contributed by atoms with Crippen LogP contribution in [0.2, 0.25) is 0 Å². The van der Waals surface area contributed by atoms with Gasteiger partial charge in [-0.3, -0.25) is 4.98 Å². The maximum atomic E-state index is 4.50. The highest BCUT2D eigenvalue weighted by Gasteiger charge is 2.57. The first-order valence-electron chi connectivity index (χ1n) is 10.4. The van der Waals surface area contributed by atoms with Gasteiger partial charge in [0.25, 0.3) is 0 Å². The Kier molecular flexibility index (Phi) is 3.11. The molecule has 1 fully saturated rings. The van der Waals surface area contributed by atoms with Gasteiger partial charge < -0.3 is 9.88 Å². The number of nitrogens with zero attached hydrogens (tertiary/aromatic N) is 2. The molecule has 4 aromatic rings. The summed E-state index contributed by atoms with van der Waals surface area (Å²) >= 11 is 0. The van der Waals surface area contributed by atoms with Crippen LogP contribution in [0.1, 0.15) is 45.1 Å². The lowest BCUT2D eigenvalue weighted by molar-refractivity contribution is 0.194. The molecule has 28 heavy (non-hydrogen) atoms. The molecule has 3 heteroatoms. The van der Waals surface area contributed by atoms with Crippen LogP contribution >= 0.6 is 0 Å². The van der Waals surface area contributed by atoms with Gasteiger partial charge >= 0.3 is 0 Å². The predicted molar refractivity (Wildman–Crippen MR) is 116 cm³/mol. The number of para-hydroxylation sites is 1. The van der Waals surface area contributed by atoms with E-state index in [2.05, 4.69) is 83.4 Å². The van der Waals surface area contributed by atoms with Crippen molar-refractivity contribution in [1.82, 2.24) is 9.97 Å². The fraction of sp³-hybridized carbons (Fsp3) is 0.320. The first-order valence-corrected chi connectivity index (χ1v) is 10.4. The first-order chi connectivity index (χ1) is 13.6. The summed E-state index contributed by atoms with van der Waals surface area (Å²) in [5, 5.41) is 2.60. The van der Waals surface area contributed by atoms with E-state index >= 15 is 0 Å². The van der Waals surface area contributed by atoms with Crippen molar-refractivity contribution in [1.29, 1.82) is 0 Å². The van der Waals surface area contributed by atoms with E-state index in [1.807, 2.05) is 6.20 Å². The van der Waals surface area contributed by atoms with E-state index in [1.165, 1.54) is 64.4 Å². The van der Waals surface area contributed by atoms with Crippen LogP contribution < -0.4 is 4.90 Å². The Hall–Kier alpha value is -2.81. The summed E-state index contributed by atoms with van der Waals surface area (Å²) in [5.74, 6) is 0. The Balaban J connectivity index is 1.62. The van der Waals surface area contributed by atoms with E-state index < -0.39 is 0 Å². The third kappa shape index (κ3) is 1.87. The van der Waals surface area contributed by atoms with Gasteiger partial charge in [0, 0.05) is 56.6 Å². The summed E-state index contributed by atoms with van der Waals surface area (Å²) in [4.78, 5) is 10.7. The molecule has 0 radical (unpaired) electrons. The highest BCUT2D eigenvalue weighted by molar-refractivity contribution is 6.08. The zero-order valence-corrected chi connectivity index (χ0v) is 16.5. The zero-order valence-electron chi connectivity index (χ0n) is 16.5. The molecule has 2 aliphatic rings. The number of aromatic nitrogens is 2. The van der Waals surface area contributed by atoms with E-state index in [0.717, 1.165) is 0 Å². The molecule has 2 unspecified atom stereocenters. The molecule has 1 aliphatic carbocycles. The average Bonchev–Trinajstić information content (AvgIpc) is 3.18. The molecule has 0 spiro atoms. The summed E-state index contributed by atoms with van der Waals surface area (Å²) in [6.07, 6.45) is 9.09. The number of aromatic amines is 1. The number of pyridine rings is 1. The first kappa shape index (κ1) is 16.2. The highest BCUT2D eigenvalue weighted by Crippen LogP contribution is 2.60. The molecule has 0 saturated heterocycles. The molecule has 0 bridgehead atoms. The second-order valence-electron chi connectivity index (χ2n) is 8.94. The lowest BCUT2D eigenvalue weighted by atomic mass is 9.62. The molecule has 6 rings (SSSR count). The van der Waals surface area contributed by atoms with Crippen LogP contribution in [-0.2, 0) is 5.41 Å². The van der Waals surface area contributed by atoms with Gasteiger partial charge in [-0.05, 0) is 50.1 Å². The molecule has 3 nitrogen and oxygen atoms in total. The van der Waals surface area contributed by atoms with Crippen LogP contribution in [0.3, 0.4) is 0 Å². The molecule has 1 saturated carbocycles. The van der Waals surface area contributed by atoms with Gasteiger partial charge in [0.05, 0.1) is 5.54 Å². The monoisotopic (exact) mass is 367 g/mol. The fourth-order valence-corrected chi connectivity index (χ4v) is 5.95. The maximum absolute atomic E-state index is 4.50. The molecule has 2 aromatic carbocycles. The van der Waals surface area contributed by atoms with E-state index in [0.29, 0.717) is 0 Å². The minimum Gasteiger partial charge on any atom is -0.355 e. The molecule has 2 atom stereocenters. The summed E-state index contributed by atoms with van der Waals surface area (Å²) < 4.78 is 0. The average molecular weight is 367 g/mol. The molecule has 1 aliphatic heterocycles. The van der Waals surface area contributed by atoms with Gasteiger partial charge in [-0.15, -0.1) is 0 Å². The minimum absolute atomic E-state index is 0.0798. The van der Waals surface area contributed by atoms with Crippen molar-refractivity contribution in [2.24, 2.45) is 0 Å². The van der Waals surface area contributed by atoms with Gasteiger partial charge in [0.1, 0.15) is 0 Å². The van der Waals surface area contributed by atoms with Crippen LogP contribution in [-0.4, -0.2) is 15.5 Å². The highest BCUT2D eigenvalue weighted by atomic mass is 15.3. The van der Waals surface area contributed by atoms with Crippen molar-refractivity contribution in [2.45, 2.75) is 50.5 Å². The number of benzene rings is 2. The van der Waals surface area contributed by atoms with E-state index in [-0.39, 0.29) is 11.0 Å². The Morgan fingerprint density at radius 2 is 1.75 bits per heavy atom. The van der Waals surface area contributed by atoms with Gasteiger partial charge in [0.2, 0.25) is 0 Å². The molecular formula is C25H25N3. The van der Waals surface area contributed by atoms with Crippen molar-refractivity contribution < 1.29 is 0 Å². The number of fused-ring (bicyclic) bond motifs is 6. The normalized spacial score (nSPS) is 26.6. The number of anilines is 2. The van der Waals surface area contributed by atoms with E-state index in [4.69, 9.17) is 0 Å². The molecule has 0 amide bonds. The van der Waals surface area contributed by atoms with Crippen LogP contribution in [0.25, 0.3) is 21.8 Å². The van der Waals surface area contributed by atoms with Crippen molar-refractivity contribution >= 4 is 33.2 Å². The van der Waals surface area contributed by atoms with Crippen molar-refractivity contribution in [2.75, 3.05) is 4.90 Å². The van der Waals surface area contributed by atoms with E-state index in [9.17, 15) is 0 Å². The second kappa shape index (κ2) is 5.38. The number of hydrogen-bond acceptors (Lipinski definition) is 2. The van der Waals surface area contributed by atoms with Gasteiger partial charge in [-0.25, -0.2) is 0 Å². The number of nitrogens with one attached hydrogen (secondary N) is 1. The second-order valence-corrected chi connectivity index (χ2v) is 8.94. The number of hydrogen-bond donors (Lipinski definition) is 1. The molecule has 2 aromatic heterocycles. The van der Waals surface area contributed by atoms with Crippen molar-refractivity contribution in [3.05, 3.63) is 66.5 Å². The van der Waals surface area contributed by atoms with Gasteiger partial charge in [-0.1, -0.05) is 38.0 Å². The Labute approximate surface area is 165 Å². The van der Waals surface area contributed by atoms with Crippen LogP contribution in [0, 0.1) is 0 Å². The van der Waals surface area contributed by atoms with E-state index in [1.54, 1.807) is 0 Å². The topological polar surface area (TPSA) is 31.9 Å². The van der Waals surface area contributed by atoms with Gasteiger partial charge in [-0.2, -0.15) is 0 Å². The third-order valence-electron chi connectivity index (χ3n) is 7.65.